The molecule has 0 fully saturated rings. The van der Waals surface area contributed by atoms with E-state index in [4.69, 9.17) is 10.4 Å². The highest BCUT2D eigenvalue weighted by atomic mass is 32.2. The Morgan fingerprint density at radius 3 is 2.60 bits per heavy atom. The molecule has 0 unspecified atom stereocenters. The van der Waals surface area contributed by atoms with E-state index in [1.165, 1.54) is 6.07 Å². The van der Waals surface area contributed by atoms with E-state index < -0.39 is 10.0 Å². The summed E-state index contributed by atoms with van der Waals surface area (Å²) in [6.07, 6.45) is 0.507. The zero-order valence-corrected chi connectivity index (χ0v) is 12.8. The summed E-state index contributed by atoms with van der Waals surface area (Å²) in [7, 11) is -3.66. The summed E-state index contributed by atoms with van der Waals surface area (Å²) < 4.78 is 27.1. The van der Waals surface area contributed by atoms with Crippen LogP contribution in [0.3, 0.4) is 0 Å². The quantitative estimate of drug-likeness (QED) is 0.833. The molecule has 0 aromatic heterocycles. The van der Waals surface area contributed by atoms with Gasteiger partial charge in [0, 0.05) is 13.2 Å². The topological polar surface area (TPSA) is 90.2 Å². The molecule has 0 spiro atoms. The molecule has 2 N–H and O–H groups in total. The van der Waals surface area contributed by atoms with Crippen molar-refractivity contribution in [3.8, 4) is 6.07 Å². The maximum Gasteiger partial charge on any atom is 0.240 e. The van der Waals surface area contributed by atoms with Crippen LogP contribution in [0.2, 0.25) is 0 Å². The van der Waals surface area contributed by atoms with Gasteiger partial charge in [0.15, 0.2) is 0 Å². The second kappa shape index (κ2) is 6.35. The molecule has 0 aliphatic heterocycles. The van der Waals surface area contributed by atoms with Crippen molar-refractivity contribution < 1.29 is 13.5 Å². The molecule has 0 heterocycles. The van der Waals surface area contributed by atoms with Crippen molar-refractivity contribution in [2.45, 2.75) is 32.1 Å². The highest BCUT2D eigenvalue weighted by molar-refractivity contribution is 7.89. The van der Waals surface area contributed by atoms with E-state index in [-0.39, 0.29) is 23.5 Å². The van der Waals surface area contributed by atoms with Crippen LogP contribution in [0.4, 0.5) is 0 Å². The molecule has 0 radical (unpaired) electrons. The fourth-order valence-corrected chi connectivity index (χ4v) is 3.23. The molecule has 0 aliphatic rings. The number of hydrogen-bond donors (Lipinski definition) is 2. The molecular weight excluding hydrogens is 276 g/mol. The van der Waals surface area contributed by atoms with Crippen LogP contribution in [0, 0.1) is 23.7 Å². The molecule has 0 saturated carbocycles. The van der Waals surface area contributed by atoms with Crippen molar-refractivity contribution >= 4 is 10.0 Å². The predicted molar refractivity (Wildman–Crippen MR) is 76.6 cm³/mol. The summed E-state index contributed by atoms with van der Waals surface area (Å²) in [6.45, 7) is 5.69. The number of rotatable bonds is 6. The van der Waals surface area contributed by atoms with Crippen molar-refractivity contribution in [2.24, 2.45) is 5.41 Å². The third-order valence-electron chi connectivity index (χ3n) is 3.14. The smallest absolute Gasteiger partial charge is 0.240 e. The van der Waals surface area contributed by atoms with Gasteiger partial charge < -0.3 is 5.11 Å². The van der Waals surface area contributed by atoms with Crippen LogP contribution < -0.4 is 4.72 Å². The lowest BCUT2D eigenvalue weighted by atomic mass is 9.90. The third kappa shape index (κ3) is 4.30. The van der Waals surface area contributed by atoms with Crippen LogP contribution in [0.25, 0.3) is 0 Å². The maximum absolute atomic E-state index is 12.3. The molecule has 0 saturated heterocycles. The zero-order valence-electron chi connectivity index (χ0n) is 12.0. The molecule has 0 atom stereocenters. The molecule has 110 valence electrons. The van der Waals surface area contributed by atoms with Gasteiger partial charge in [-0.05, 0) is 36.5 Å². The lowest BCUT2D eigenvalue weighted by Gasteiger charge is -2.24. The van der Waals surface area contributed by atoms with Gasteiger partial charge in [-0.15, -0.1) is 0 Å². The molecule has 6 heteroatoms. The van der Waals surface area contributed by atoms with E-state index in [0.29, 0.717) is 17.5 Å². The molecule has 0 bridgehead atoms. The molecule has 20 heavy (non-hydrogen) atoms. The molecule has 5 nitrogen and oxygen atoms in total. The summed E-state index contributed by atoms with van der Waals surface area (Å²) in [5.41, 5.74) is 0.574. The minimum Gasteiger partial charge on any atom is -0.396 e. The summed E-state index contributed by atoms with van der Waals surface area (Å²) in [6, 6.07) is 6.51. The third-order valence-corrected chi connectivity index (χ3v) is 4.68. The van der Waals surface area contributed by atoms with Crippen LogP contribution in [0.15, 0.2) is 23.1 Å². The van der Waals surface area contributed by atoms with Crippen LogP contribution in [-0.2, 0) is 10.0 Å². The van der Waals surface area contributed by atoms with E-state index in [0.717, 1.165) is 0 Å². The molecule has 0 amide bonds. The van der Waals surface area contributed by atoms with Gasteiger partial charge in [0.25, 0.3) is 0 Å². The van der Waals surface area contributed by atoms with E-state index in [1.807, 2.05) is 19.9 Å². The fourth-order valence-electron chi connectivity index (χ4n) is 1.72. The second-order valence-electron chi connectivity index (χ2n) is 5.55. The normalized spacial score (nSPS) is 12.2. The average molecular weight is 296 g/mol. The molecule has 1 aromatic carbocycles. The zero-order chi connectivity index (χ0) is 15.4. The number of nitrogens with one attached hydrogen (secondary N) is 1. The Morgan fingerprint density at radius 1 is 1.40 bits per heavy atom. The van der Waals surface area contributed by atoms with Gasteiger partial charge in [0.05, 0.1) is 16.5 Å². The highest BCUT2D eigenvalue weighted by Gasteiger charge is 2.23. The Bertz CT molecular complexity index is 616. The standard InChI is InChI=1S/C14H20N2O3S/c1-11-4-5-12(9-15)8-13(11)20(18,19)16-10-14(2,3)6-7-17/h4-5,8,16-17H,6-7,10H2,1-3H3. The summed E-state index contributed by atoms with van der Waals surface area (Å²) in [5, 5.41) is 17.8. The number of aryl methyl sites for hydroxylation is 1. The highest BCUT2D eigenvalue weighted by Crippen LogP contribution is 2.21. The Balaban J connectivity index is 2.98. The van der Waals surface area contributed by atoms with Gasteiger partial charge in [0.2, 0.25) is 10.0 Å². The summed E-state index contributed by atoms with van der Waals surface area (Å²) >= 11 is 0. The average Bonchev–Trinajstić information content (AvgIpc) is 2.37. The van der Waals surface area contributed by atoms with E-state index in [1.54, 1.807) is 19.1 Å². The van der Waals surface area contributed by atoms with Gasteiger partial charge in [-0.25, -0.2) is 13.1 Å². The largest absolute Gasteiger partial charge is 0.396 e. The fraction of sp³-hybridized carbons (Fsp3) is 0.500. The van der Waals surface area contributed by atoms with Gasteiger partial charge in [-0.3, -0.25) is 0 Å². The van der Waals surface area contributed by atoms with Gasteiger partial charge >= 0.3 is 0 Å². The number of aliphatic hydroxyl groups is 1. The first-order valence-electron chi connectivity index (χ1n) is 6.33. The van der Waals surface area contributed by atoms with Crippen molar-refractivity contribution in [1.82, 2.24) is 4.72 Å². The summed E-state index contributed by atoms with van der Waals surface area (Å²) in [4.78, 5) is 0.122. The number of aliphatic hydroxyl groups excluding tert-OH is 1. The van der Waals surface area contributed by atoms with Crippen LogP contribution >= 0.6 is 0 Å². The second-order valence-corrected chi connectivity index (χ2v) is 7.29. The monoisotopic (exact) mass is 296 g/mol. The lowest BCUT2D eigenvalue weighted by Crippen LogP contribution is -2.34. The molecular formula is C14H20N2O3S. The van der Waals surface area contributed by atoms with E-state index >= 15 is 0 Å². The Hall–Kier alpha value is -1.42. The van der Waals surface area contributed by atoms with Crippen LogP contribution in [-0.4, -0.2) is 26.7 Å². The minimum absolute atomic E-state index is 0.0116. The van der Waals surface area contributed by atoms with Crippen molar-refractivity contribution in [3.63, 3.8) is 0 Å². The minimum atomic E-state index is -3.66. The summed E-state index contributed by atoms with van der Waals surface area (Å²) in [5.74, 6) is 0. The van der Waals surface area contributed by atoms with Gasteiger partial charge in [0.1, 0.15) is 0 Å². The SMILES string of the molecule is Cc1ccc(C#N)cc1S(=O)(=O)NCC(C)(C)CCO. The van der Waals surface area contributed by atoms with Gasteiger partial charge in [-0.1, -0.05) is 19.9 Å². The van der Waals surface area contributed by atoms with Crippen molar-refractivity contribution in [3.05, 3.63) is 29.3 Å². The predicted octanol–water partition coefficient (Wildman–Crippen LogP) is 1.55. The lowest BCUT2D eigenvalue weighted by molar-refractivity contribution is 0.213. The molecule has 1 rings (SSSR count). The number of hydrogen-bond acceptors (Lipinski definition) is 4. The first kappa shape index (κ1) is 16.6. The molecule has 0 aliphatic carbocycles. The molecule has 1 aromatic rings. The first-order valence-corrected chi connectivity index (χ1v) is 7.81. The Labute approximate surface area is 120 Å². The number of benzene rings is 1. The number of nitriles is 1. The van der Waals surface area contributed by atoms with E-state index in [2.05, 4.69) is 4.72 Å². The van der Waals surface area contributed by atoms with Crippen LogP contribution in [0.1, 0.15) is 31.4 Å². The van der Waals surface area contributed by atoms with Gasteiger partial charge in [-0.2, -0.15) is 5.26 Å². The Morgan fingerprint density at radius 2 is 2.05 bits per heavy atom. The van der Waals surface area contributed by atoms with Crippen LogP contribution in [0.5, 0.6) is 0 Å². The van der Waals surface area contributed by atoms with Crippen molar-refractivity contribution in [2.75, 3.05) is 13.2 Å². The number of sulfonamides is 1. The van der Waals surface area contributed by atoms with E-state index in [9.17, 15) is 8.42 Å². The Kier molecular flexibility index (Phi) is 5.28. The maximum atomic E-state index is 12.3. The van der Waals surface area contributed by atoms with Crippen molar-refractivity contribution in [1.29, 1.82) is 5.26 Å². The number of nitrogens with zero attached hydrogens (tertiary/aromatic N) is 1. The first-order chi connectivity index (χ1) is 9.22.